The molecule has 1 aromatic carbocycles. The fraction of sp³-hybridized carbons (Fsp3) is 0.412. The summed E-state index contributed by atoms with van der Waals surface area (Å²) in [6.45, 7) is 2.32. The maximum Gasteiger partial charge on any atom is 0.231 e. The molecule has 1 amide bonds. The van der Waals surface area contributed by atoms with Gasteiger partial charge in [0.05, 0.1) is 24.5 Å². The van der Waals surface area contributed by atoms with Gasteiger partial charge >= 0.3 is 0 Å². The smallest absolute Gasteiger partial charge is 0.231 e. The minimum atomic E-state index is -0.335. The molecule has 2 heterocycles. The van der Waals surface area contributed by atoms with Gasteiger partial charge in [0.1, 0.15) is 0 Å². The fourth-order valence-electron chi connectivity index (χ4n) is 2.92. The number of benzene rings is 1. The molecule has 1 aromatic heterocycles. The summed E-state index contributed by atoms with van der Waals surface area (Å²) in [5, 5.41) is 5.07. The van der Waals surface area contributed by atoms with Gasteiger partial charge in [-0.15, -0.1) is 0 Å². The molecule has 6 nitrogen and oxygen atoms in total. The van der Waals surface area contributed by atoms with E-state index in [0.717, 1.165) is 30.7 Å². The number of hydrogen-bond acceptors (Lipinski definition) is 4. The first-order chi connectivity index (χ1) is 11.6. The van der Waals surface area contributed by atoms with Crippen LogP contribution in [0.3, 0.4) is 0 Å². The summed E-state index contributed by atoms with van der Waals surface area (Å²) in [5.41, 5.74) is 7.33. The monoisotopic (exact) mass is 348 g/mol. The highest BCUT2D eigenvalue weighted by atomic mass is 35.5. The zero-order valence-corrected chi connectivity index (χ0v) is 14.2. The molecule has 0 bridgehead atoms. The van der Waals surface area contributed by atoms with E-state index in [9.17, 15) is 4.79 Å². The summed E-state index contributed by atoms with van der Waals surface area (Å²) in [5.74, 6) is -0.335. The lowest BCUT2D eigenvalue weighted by Gasteiger charge is -2.23. The Morgan fingerprint density at radius 1 is 1.42 bits per heavy atom. The highest BCUT2D eigenvalue weighted by Gasteiger charge is 2.20. The lowest BCUT2D eigenvalue weighted by atomic mass is 10.2. The highest BCUT2D eigenvalue weighted by Crippen LogP contribution is 2.16. The summed E-state index contributed by atoms with van der Waals surface area (Å²) in [6, 6.07) is 7.48. The Kier molecular flexibility index (Phi) is 5.50. The van der Waals surface area contributed by atoms with Gasteiger partial charge in [0.15, 0.2) is 0 Å². The first kappa shape index (κ1) is 17.0. The highest BCUT2D eigenvalue weighted by molar-refractivity contribution is 6.30. The van der Waals surface area contributed by atoms with Crippen LogP contribution in [0.1, 0.15) is 18.4 Å². The van der Waals surface area contributed by atoms with Crippen LogP contribution in [0.25, 0.3) is 5.69 Å². The van der Waals surface area contributed by atoms with Gasteiger partial charge in [-0.1, -0.05) is 11.6 Å². The van der Waals surface area contributed by atoms with Crippen molar-refractivity contribution in [2.75, 3.05) is 19.7 Å². The number of primary amides is 1. The van der Waals surface area contributed by atoms with Crippen molar-refractivity contribution in [1.82, 2.24) is 14.7 Å². The fourth-order valence-corrected chi connectivity index (χ4v) is 3.04. The van der Waals surface area contributed by atoms with E-state index in [4.69, 9.17) is 22.1 Å². The van der Waals surface area contributed by atoms with E-state index in [1.54, 1.807) is 10.9 Å². The first-order valence-electron chi connectivity index (χ1n) is 8.02. The Balaban J connectivity index is 1.67. The second-order valence-electron chi connectivity index (χ2n) is 6.04. The molecule has 1 unspecified atom stereocenters. The third-order valence-electron chi connectivity index (χ3n) is 4.00. The molecule has 0 radical (unpaired) electrons. The minimum absolute atomic E-state index is 0.177. The van der Waals surface area contributed by atoms with E-state index in [1.807, 2.05) is 35.4 Å². The van der Waals surface area contributed by atoms with Crippen molar-refractivity contribution in [3.63, 3.8) is 0 Å². The van der Waals surface area contributed by atoms with Crippen molar-refractivity contribution >= 4 is 17.5 Å². The predicted molar refractivity (Wildman–Crippen MR) is 92.0 cm³/mol. The number of nitrogens with two attached hydrogens (primary N) is 1. The van der Waals surface area contributed by atoms with Crippen LogP contribution in [0.15, 0.2) is 36.7 Å². The summed E-state index contributed by atoms with van der Waals surface area (Å²) in [6.07, 6.45) is 6.03. The molecule has 128 valence electrons. The molecule has 1 fully saturated rings. The van der Waals surface area contributed by atoms with Gasteiger partial charge in [-0.2, -0.15) is 5.10 Å². The van der Waals surface area contributed by atoms with E-state index in [0.29, 0.717) is 18.1 Å². The molecule has 24 heavy (non-hydrogen) atoms. The maximum absolute atomic E-state index is 11.3. The van der Waals surface area contributed by atoms with E-state index in [1.165, 1.54) is 0 Å². The van der Waals surface area contributed by atoms with Crippen molar-refractivity contribution in [3.05, 3.63) is 47.2 Å². The molecule has 1 saturated heterocycles. The van der Waals surface area contributed by atoms with Crippen molar-refractivity contribution in [2.24, 2.45) is 5.73 Å². The quantitative estimate of drug-likeness (QED) is 0.830. The summed E-state index contributed by atoms with van der Waals surface area (Å²) in [7, 11) is 0. The molecule has 2 aromatic rings. The number of ether oxygens (including phenoxy) is 1. The molecule has 0 spiro atoms. The van der Waals surface area contributed by atoms with Gasteiger partial charge in [0.25, 0.3) is 0 Å². The Bertz CT molecular complexity index is 680. The molecule has 1 aliphatic rings. The third kappa shape index (κ3) is 4.56. The van der Waals surface area contributed by atoms with Crippen LogP contribution in [0.5, 0.6) is 0 Å². The molecule has 0 aliphatic carbocycles. The Morgan fingerprint density at radius 2 is 2.21 bits per heavy atom. The molecular formula is C17H21ClN4O2. The minimum Gasteiger partial charge on any atom is -0.377 e. The normalized spacial score (nSPS) is 17.5. The molecule has 2 N–H and O–H groups in total. The maximum atomic E-state index is 11.3. The average molecular weight is 349 g/mol. The van der Waals surface area contributed by atoms with Crippen LogP contribution < -0.4 is 5.73 Å². The van der Waals surface area contributed by atoms with Gasteiger partial charge < -0.3 is 10.5 Å². The predicted octanol–water partition coefficient (Wildman–Crippen LogP) is 1.99. The third-order valence-corrected chi connectivity index (χ3v) is 4.25. The van der Waals surface area contributed by atoms with Crippen LogP contribution in [0, 0.1) is 0 Å². The van der Waals surface area contributed by atoms with Crippen molar-refractivity contribution in [3.8, 4) is 5.69 Å². The Hall–Kier alpha value is -1.89. The second kappa shape index (κ2) is 7.79. The number of aromatic nitrogens is 2. The van der Waals surface area contributed by atoms with Crippen LogP contribution in [-0.4, -0.2) is 46.4 Å². The number of carbonyl (C=O) groups is 1. The molecular weight excluding hydrogens is 328 g/mol. The van der Waals surface area contributed by atoms with Crippen molar-refractivity contribution < 1.29 is 9.53 Å². The summed E-state index contributed by atoms with van der Waals surface area (Å²) >= 11 is 5.91. The Labute approximate surface area is 146 Å². The van der Waals surface area contributed by atoms with Crippen LogP contribution in [-0.2, 0) is 16.1 Å². The average Bonchev–Trinajstić information content (AvgIpc) is 3.19. The topological polar surface area (TPSA) is 73.4 Å². The lowest BCUT2D eigenvalue weighted by molar-refractivity contribution is -0.119. The van der Waals surface area contributed by atoms with E-state index < -0.39 is 0 Å². The molecule has 3 rings (SSSR count). The van der Waals surface area contributed by atoms with Crippen molar-refractivity contribution in [1.29, 1.82) is 0 Å². The van der Waals surface area contributed by atoms with E-state index in [-0.39, 0.29) is 18.6 Å². The van der Waals surface area contributed by atoms with Crippen LogP contribution in [0.2, 0.25) is 5.02 Å². The van der Waals surface area contributed by atoms with Crippen molar-refractivity contribution in [2.45, 2.75) is 25.5 Å². The molecule has 7 heteroatoms. The van der Waals surface area contributed by atoms with Crippen LogP contribution >= 0.6 is 11.6 Å². The van der Waals surface area contributed by atoms with Gasteiger partial charge in [0, 0.05) is 36.5 Å². The van der Waals surface area contributed by atoms with E-state index >= 15 is 0 Å². The number of carbonyl (C=O) groups excluding carboxylic acids is 1. The molecule has 1 aliphatic heterocycles. The number of hydrogen-bond donors (Lipinski definition) is 1. The van der Waals surface area contributed by atoms with Gasteiger partial charge in [-0.05, 0) is 37.1 Å². The van der Waals surface area contributed by atoms with Gasteiger partial charge in [-0.3, -0.25) is 9.69 Å². The lowest BCUT2D eigenvalue weighted by Crippen LogP contribution is -2.38. The number of rotatable bonds is 7. The number of amides is 1. The molecule has 1 atom stereocenters. The standard InChI is InChI=1S/C17H21ClN4O2/c18-14-3-5-15(6-4-14)22-10-13(8-20-22)9-21(12-17(19)23)11-16-2-1-7-24-16/h3-6,8,10,16H,1-2,7,9,11-12H2,(H2,19,23). The second-order valence-corrected chi connectivity index (χ2v) is 6.48. The molecule has 0 saturated carbocycles. The first-order valence-corrected chi connectivity index (χ1v) is 8.40. The SMILES string of the molecule is NC(=O)CN(Cc1cnn(-c2ccc(Cl)cc2)c1)CC1CCCO1. The van der Waals surface area contributed by atoms with Gasteiger partial charge in [-0.25, -0.2) is 4.68 Å². The largest absolute Gasteiger partial charge is 0.377 e. The number of halogens is 1. The zero-order chi connectivity index (χ0) is 16.9. The number of nitrogens with zero attached hydrogens (tertiary/aromatic N) is 3. The van der Waals surface area contributed by atoms with E-state index in [2.05, 4.69) is 5.10 Å². The van der Waals surface area contributed by atoms with Gasteiger partial charge in [0.2, 0.25) is 5.91 Å². The van der Waals surface area contributed by atoms with Crippen LogP contribution in [0.4, 0.5) is 0 Å². The Morgan fingerprint density at radius 3 is 2.88 bits per heavy atom. The summed E-state index contributed by atoms with van der Waals surface area (Å²) in [4.78, 5) is 13.4. The summed E-state index contributed by atoms with van der Waals surface area (Å²) < 4.78 is 7.45. The zero-order valence-electron chi connectivity index (χ0n) is 13.4.